The van der Waals surface area contributed by atoms with Crippen molar-refractivity contribution in [3.05, 3.63) is 89.2 Å². The number of fused-ring (bicyclic) bond motifs is 1. The highest BCUT2D eigenvalue weighted by Crippen LogP contribution is 2.32. The summed E-state index contributed by atoms with van der Waals surface area (Å²) >= 11 is 0. The van der Waals surface area contributed by atoms with E-state index < -0.39 is 5.82 Å². The SMILES string of the molecule is COC(=O)CCc1ccc(C(=Nc2ccc(N(C)C(=O)CN(C)C)cc2)c2c(O)[nH]c3cc(F)ccc23)cc1. The van der Waals surface area contributed by atoms with E-state index >= 15 is 0 Å². The zero-order valence-corrected chi connectivity index (χ0v) is 22.4. The molecule has 39 heavy (non-hydrogen) atoms. The number of aryl methyl sites for hydroxylation is 1. The molecule has 202 valence electrons. The highest BCUT2D eigenvalue weighted by molar-refractivity contribution is 6.21. The topological polar surface area (TPSA) is 98.2 Å². The molecule has 0 spiro atoms. The lowest BCUT2D eigenvalue weighted by atomic mass is 9.98. The zero-order valence-electron chi connectivity index (χ0n) is 22.4. The van der Waals surface area contributed by atoms with Gasteiger partial charge in [0.2, 0.25) is 5.91 Å². The molecule has 0 aliphatic carbocycles. The summed E-state index contributed by atoms with van der Waals surface area (Å²) < 4.78 is 18.6. The number of carbonyl (C=O) groups excluding carboxylic acids is 2. The van der Waals surface area contributed by atoms with Gasteiger partial charge in [-0.2, -0.15) is 0 Å². The van der Waals surface area contributed by atoms with Gasteiger partial charge in [-0.15, -0.1) is 0 Å². The Morgan fingerprint density at radius 3 is 2.33 bits per heavy atom. The third kappa shape index (κ3) is 6.50. The molecule has 1 heterocycles. The Morgan fingerprint density at radius 1 is 1.00 bits per heavy atom. The molecule has 0 atom stereocenters. The van der Waals surface area contributed by atoms with Gasteiger partial charge in [-0.05, 0) is 68.5 Å². The Labute approximate surface area is 226 Å². The fraction of sp³-hybridized carbons (Fsp3) is 0.233. The molecule has 0 radical (unpaired) electrons. The summed E-state index contributed by atoms with van der Waals surface area (Å²) in [7, 11) is 6.76. The maximum Gasteiger partial charge on any atom is 0.305 e. The molecule has 3 aromatic carbocycles. The Kier molecular flexibility index (Phi) is 8.41. The van der Waals surface area contributed by atoms with Crippen molar-refractivity contribution in [3.63, 3.8) is 0 Å². The first-order valence-corrected chi connectivity index (χ1v) is 12.4. The molecule has 0 fully saturated rings. The van der Waals surface area contributed by atoms with Crippen molar-refractivity contribution in [2.24, 2.45) is 4.99 Å². The maximum atomic E-state index is 13.9. The number of ether oxygens (including phenoxy) is 1. The Bertz CT molecular complexity index is 1510. The highest BCUT2D eigenvalue weighted by atomic mass is 19.1. The fourth-order valence-electron chi connectivity index (χ4n) is 4.24. The highest BCUT2D eigenvalue weighted by Gasteiger charge is 2.19. The normalized spacial score (nSPS) is 11.7. The molecule has 0 saturated heterocycles. The van der Waals surface area contributed by atoms with E-state index in [2.05, 4.69) is 4.98 Å². The van der Waals surface area contributed by atoms with Crippen LogP contribution in [0.3, 0.4) is 0 Å². The van der Waals surface area contributed by atoms with Gasteiger partial charge in [0.15, 0.2) is 5.88 Å². The van der Waals surface area contributed by atoms with Crippen LogP contribution in [0.25, 0.3) is 10.9 Å². The molecular formula is C30H31FN4O4. The minimum absolute atomic E-state index is 0.0415. The van der Waals surface area contributed by atoms with E-state index in [1.54, 1.807) is 30.1 Å². The van der Waals surface area contributed by atoms with Crippen molar-refractivity contribution in [3.8, 4) is 5.88 Å². The number of aromatic hydroxyl groups is 1. The summed E-state index contributed by atoms with van der Waals surface area (Å²) in [5.74, 6) is -0.878. The van der Waals surface area contributed by atoms with Crippen LogP contribution in [0.15, 0.2) is 71.7 Å². The molecule has 0 aliphatic heterocycles. The van der Waals surface area contributed by atoms with Crippen LogP contribution in [0.5, 0.6) is 5.88 Å². The van der Waals surface area contributed by atoms with Crippen molar-refractivity contribution >= 4 is 39.9 Å². The summed E-state index contributed by atoms with van der Waals surface area (Å²) in [4.78, 5) is 35.1. The number of benzene rings is 3. The van der Waals surface area contributed by atoms with Crippen molar-refractivity contribution in [1.29, 1.82) is 0 Å². The number of amides is 1. The van der Waals surface area contributed by atoms with Crippen LogP contribution in [0.4, 0.5) is 15.8 Å². The first-order chi connectivity index (χ1) is 18.7. The van der Waals surface area contributed by atoms with Gasteiger partial charge in [0, 0.05) is 30.1 Å². The lowest BCUT2D eigenvalue weighted by Crippen LogP contribution is -2.34. The minimum atomic E-state index is -0.424. The number of methoxy groups -OCH3 is 1. The van der Waals surface area contributed by atoms with Gasteiger partial charge in [-0.1, -0.05) is 24.3 Å². The van der Waals surface area contributed by atoms with Gasteiger partial charge in [0.1, 0.15) is 5.82 Å². The maximum absolute atomic E-state index is 13.9. The predicted molar refractivity (Wildman–Crippen MR) is 150 cm³/mol. The van der Waals surface area contributed by atoms with Crippen LogP contribution in [0.2, 0.25) is 0 Å². The standard InChI is InChI=1S/C30H31FN4O4/c1-34(2)18-26(36)35(3)23-13-11-22(12-14-23)32-29(20-8-5-19(6-9-20)7-16-27(37)39-4)28-24-15-10-21(31)17-25(24)33-30(28)38/h5-6,8-15,17,33,38H,7,16,18H2,1-4H3. The lowest BCUT2D eigenvalue weighted by Gasteiger charge is -2.19. The fourth-order valence-corrected chi connectivity index (χ4v) is 4.24. The molecular weight excluding hydrogens is 499 g/mol. The van der Waals surface area contributed by atoms with Crippen LogP contribution in [0, 0.1) is 5.82 Å². The van der Waals surface area contributed by atoms with Crippen LogP contribution in [-0.4, -0.2) is 67.4 Å². The van der Waals surface area contributed by atoms with E-state index in [1.165, 1.54) is 19.2 Å². The Morgan fingerprint density at radius 2 is 1.69 bits per heavy atom. The number of carbonyl (C=O) groups is 2. The molecule has 8 nitrogen and oxygen atoms in total. The largest absolute Gasteiger partial charge is 0.494 e. The average Bonchev–Trinajstić information content (AvgIpc) is 3.24. The Hall–Kier alpha value is -4.50. The van der Waals surface area contributed by atoms with E-state index in [1.807, 2.05) is 55.4 Å². The lowest BCUT2D eigenvalue weighted by molar-refractivity contribution is -0.140. The molecule has 0 saturated carbocycles. The number of aromatic nitrogens is 1. The van der Waals surface area contributed by atoms with Gasteiger partial charge in [0.25, 0.3) is 0 Å². The summed E-state index contributed by atoms with van der Waals surface area (Å²) in [5.41, 5.74) is 4.37. The number of nitrogens with one attached hydrogen (secondary N) is 1. The van der Waals surface area contributed by atoms with Gasteiger partial charge >= 0.3 is 5.97 Å². The van der Waals surface area contributed by atoms with E-state index in [0.717, 1.165) is 16.8 Å². The number of aromatic amines is 1. The predicted octanol–water partition coefficient (Wildman–Crippen LogP) is 4.81. The van der Waals surface area contributed by atoms with Gasteiger partial charge < -0.3 is 24.6 Å². The number of anilines is 1. The second-order valence-corrected chi connectivity index (χ2v) is 9.48. The van der Waals surface area contributed by atoms with Crippen molar-refractivity contribution in [2.45, 2.75) is 12.8 Å². The number of hydrogen-bond donors (Lipinski definition) is 2. The molecule has 2 N–H and O–H groups in total. The number of likely N-dealkylation sites (N-methyl/N-ethyl adjacent to an activating group) is 2. The summed E-state index contributed by atoms with van der Waals surface area (Å²) in [6, 6.07) is 19.0. The number of halogens is 1. The minimum Gasteiger partial charge on any atom is -0.494 e. The third-order valence-electron chi connectivity index (χ3n) is 6.35. The molecule has 0 unspecified atom stereocenters. The van der Waals surface area contributed by atoms with E-state index in [9.17, 15) is 19.1 Å². The molecule has 0 bridgehead atoms. The molecule has 9 heteroatoms. The van der Waals surface area contributed by atoms with E-state index in [0.29, 0.717) is 34.3 Å². The molecule has 1 aromatic heterocycles. The molecule has 4 rings (SSSR count). The smallest absolute Gasteiger partial charge is 0.305 e. The number of H-pyrrole nitrogens is 1. The van der Waals surface area contributed by atoms with Crippen molar-refractivity contribution in [1.82, 2.24) is 9.88 Å². The number of nitrogens with zero attached hydrogens (tertiary/aromatic N) is 3. The third-order valence-corrected chi connectivity index (χ3v) is 6.35. The zero-order chi connectivity index (χ0) is 28.1. The summed E-state index contributed by atoms with van der Waals surface area (Å²) in [5, 5.41) is 11.5. The van der Waals surface area contributed by atoms with Crippen LogP contribution in [-0.2, 0) is 20.7 Å². The van der Waals surface area contributed by atoms with Crippen LogP contribution < -0.4 is 4.90 Å². The molecule has 0 aliphatic rings. The van der Waals surface area contributed by atoms with E-state index in [-0.39, 0.29) is 30.7 Å². The van der Waals surface area contributed by atoms with Crippen molar-refractivity contribution < 1.29 is 23.8 Å². The van der Waals surface area contributed by atoms with Gasteiger partial charge in [0.05, 0.1) is 36.1 Å². The van der Waals surface area contributed by atoms with Crippen molar-refractivity contribution in [2.75, 3.05) is 39.7 Å². The van der Waals surface area contributed by atoms with Gasteiger partial charge in [-0.25, -0.2) is 9.38 Å². The summed E-state index contributed by atoms with van der Waals surface area (Å²) in [6.45, 7) is 0.288. The number of hydrogen-bond acceptors (Lipinski definition) is 6. The monoisotopic (exact) mass is 530 g/mol. The molecule has 4 aromatic rings. The first kappa shape index (κ1) is 27.5. The average molecular weight is 531 g/mol. The quantitative estimate of drug-likeness (QED) is 0.239. The number of aliphatic imine (C=N–C) groups is 1. The van der Waals surface area contributed by atoms with Crippen LogP contribution >= 0.6 is 0 Å². The first-order valence-electron chi connectivity index (χ1n) is 12.4. The van der Waals surface area contributed by atoms with Gasteiger partial charge in [-0.3, -0.25) is 9.59 Å². The number of rotatable bonds is 9. The number of esters is 1. The van der Waals surface area contributed by atoms with Crippen LogP contribution in [0.1, 0.15) is 23.1 Å². The van der Waals surface area contributed by atoms with E-state index in [4.69, 9.17) is 9.73 Å². The summed E-state index contributed by atoms with van der Waals surface area (Å²) in [6.07, 6.45) is 0.794. The second-order valence-electron chi connectivity index (χ2n) is 9.48. The second kappa shape index (κ2) is 11.9. The Balaban J connectivity index is 1.74. The molecule has 1 amide bonds.